The molecule has 0 aliphatic heterocycles. The predicted molar refractivity (Wildman–Crippen MR) is 86.0 cm³/mol. The van der Waals surface area contributed by atoms with Crippen LogP contribution in [-0.4, -0.2) is 14.2 Å². The highest BCUT2D eigenvalue weighted by molar-refractivity contribution is 5.43. The molecule has 0 fully saturated rings. The van der Waals surface area contributed by atoms with E-state index in [1.807, 2.05) is 18.2 Å². The second-order valence-corrected chi connectivity index (χ2v) is 5.10. The molecule has 0 spiro atoms. The molecule has 2 rings (SSSR count). The van der Waals surface area contributed by atoms with E-state index in [0.717, 1.165) is 35.5 Å². The summed E-state index contributed by atoms with van der Waals surface area (Å²) in [5, 5.41) is 0. The Hall–Kier alpha value is -2.00. The molecule has 0 saturated carbocycles. The fourth-order valence-corrected chi connectivity index (χ4v) is 2.38. The van der Waals surface area contributed by atoms with Crippen molar-refractivity contribution in [3.05, 3.63) is 59.2 Å². The second kappa shape index (κ2) is 7.14. The van der Waals surface area contributed by atoms with Crippen LogP contribution in [0.25, 0.3) is 0 Å². The maximum atomic E-state index is 6.31. The molecule has 3 nitrogen and oxygen atoms in total. The van der Waals surface area contributed by atoms with Crippen molar-refractivity contribution in [2.24, 2.45) is 5.73 Å². The summed E-state index contributed by atoms with van der Waals surface area (Å²) in [6, 6.07) is 14.4. The van der Waals surface area contributed by atoms with E-state index < -0.39 is 0 Å². The first-order valence-corrected chi connectivity index (χ1v) is 7.23. The van der Waals surface area contributed by atoms with Gasteiger partial charge in [-0.15, -0.1) is 0 Å². The lowest BCUT2D eigenvalue weighted by molar-refractivity contribution is 0.354. The van der Waals surface area contributed by atoms with Crippen LogP contribution < -0.4 is 15.2 Å². The molecule has 0 heterocycles. The van der Waals surface area contributed by atoms with Crippen LogP contribution in [0.2, 0.25) is 0 Å². The number of methoxy groups -OCH3 is 2. The zero-order chi connectivity index (χ0) is 15.2. The number of aryl methyl sites for hydroxylation is 1. The van der Waals surface area contributed by atoms with Crippen molar-refractivity contribution >= 4 is 0 Å². The monoisotopic (exact) mass is 285 g/mol. The molecular weight excluding hydrogens is 262 g/mol. The first-order valence-electron chi connectivity index (χ1n) is 7.23. The Morgan fingerprint density at radius 3 is 2.10 bits per heavy atom. The molecule has 0 saturated heterocycles. The van der Waals surface area contributed by atoms with Crippen LogP contribution in [-0.2, 0) is 12.8 Å². The summed E-state index contributed by atoms with van der Waals surface area (Å²) in [6.45, 7) is 2.15. The Bertz CT molecular complexity index is 578. The molecule has 2 aromatic carbocycles. The molecule has 21 heavy (non-hydrogen) atoms. The van der Waals surface area contributed by atoms with Gasteiger partial charge in [0.15, 0.2) is 11.5 Å². The highest BCUT2D eigenvalue weighted by atomic mass is 16.5. The third-order valence-corrected chi connectivity index (χ3v) is 3.72. The van der Waals surface area contributed by atoms with Gasteiger partial charge in [-0.1, -0.05) is 37.3 Å². The van der Waals surface area contributed by atoms with Crippen molar-refractivity contribution < 1.29 is 9.47 Å². The number of hydrogen-bond donors (Lipinski definition) is 1. The van der Waals surface area contributed by atoms with Crippen LogP contribution in [0.15, 0.2) is 42.5 Å². The normalized spacial score (nSPS) is 12.0. The predicted octanol–water partition coefficient (Wildman–Crippen LogP) is 3.51. The lowest BCUT2D eigenvalue weighted by atomic mass is 9.98. The van der Waals surface area contributed by atoms with Crippen molar-refractivity contribution in [1.82, 2.24) is 0 Å². The van der Waals surface area contributed by atoms with Crippen molar-refractivity contribution in [2.75, 3.05) is 14.2 Å². The smallest absolute Gasteiger partial charge is 0.160 e. The standard InChI is InChI=1S/C18H23NO2/c1-4-13-5-8-15(9-6-13)16(19)11-14-7-10-17(20-2)18(12-14)21-3/h5-10,12,16H,4,11,19H2,1-3H3. The van der Waals surface area contributed by atoms with Gasteiger partial charge >= 0.3 is 0 Å². The lowest BCUT2D eigenvalue weighted by Gasteiger charge is -2.14. The van der Waals surface area contributed by atoms with Gasteiger partial charge in [0.25, 0.3) is 0 Å². The average Bonchev–Trinajstić information content (AvgIpc) is 2.54. The van der Waals surface area contributed by atoms with E-state index in [1.165, 1.54) is 5.56 Å². The molecule has 0 aromatic heterocycles. The van der Waals surface area contributed by atoms with Crippen molar-refractivity contribution in [1.29, 1.82) is 0 Å². The summed E-state index contributed by atoms with van der Waals surface area (Å²) in [5.41, 5.74) is 9.93. The highest BCUT2D eigenvalue weighted by Gasteiger charge is 2.10. The summed E-state index contributed by atoms with van der Waals surface area (Å²) in [7, 11) is 3.28. The number of rotatable bonds is 6. The molecule has 112 valence electrons. The first-order chi connectivity index (χ1) is 10.2. The van der Waals surface area contributed by atoms with Gasteiger partial charge < -0.3 is 15.2 Å². The molecular formula is C18H23NO2. The molecule has 1 unspecified atom stereocenters. The van der Waals surface area contributed by atoms with Gasteiger partial charge in [0.1, 0.15) is 0 Å². The van der Waals surface area contributed by atoms with Crippen molar-refractivity contribution in [2.45, 2.75) is 25.8 Å². The van der Waals surface area contributed by atoms with E-state index >= 15 is 0 Å². The summed E-state index contributed by atoms with van der Waals surface area (Å²) < 4.78 is 10.6. The van der Waals surface area contributed by atoms with E-state index in [-0.39, 0.29) is 6.04 Å². The maximum Gasteiger partial charge on any atom is 0.160 e. The van der Waals surface area contributed by atoms with E-state index in [0.29, 0.717) is 0 Å². The lowest BCUT2D eigenvalue weighted by Crippen LogP contribution is -2.13. The molecule has 1 atom stereocenters. The van der Waals surface area contributed by atoms with E-state index in [1.54, 1.807) is 14.2 Å². The molecule has 0 amide bonds. The van der Waals surface area contributed by atoms with Gasteiger partial charge in [-0.2, -0.15) is 0 Å². The average molecular weight is 285 g/mol. The number of benzene rings is 2. The Labute approximate surface area is 126 Å². The molecule has 3 heteroatoms. The molecule has 2 aromatic rings. The van der Waals surface area contributed by atoms with E-state index in [4.69, 9.17) is 15.2 Å². The fraction of sp³-hybridized carbons (Fsp3) is 0.333. The van der Waals surface area contributed by atoms with Gasteiger partial charge in [0, 0.05) is 6.04 Å². The minimum atomic E-state index is -0.0194. The highest BCUT2D eigenvalue weighted by Crippen LogP contribution is 2.29. The Morgan fingerprint density at radius 1 is 0.905 bits per heavy atom. The molecule has 0 aliphatic carbocycles. The van der Waals surface area contributed by atoms with Crippen molar-refractivity contribution in [3.63, 3.8) is 0 Å². The minimum Gasteiger partial charge on any atom is -0.493 e. The van der Waals surface area contributed by atoms with Gasteiger partial charge in [-0.25, -0.2) is 0 Å². The van der Waals surface area contributed by atoms with Gasteiger partial charge in [-0.05, 0) is 41.7 Å². The van der Waals surface area contributed by atoms with Crippen LogP contribution >= 0.6 is 0 Å². The number of ether oxygens (including phenoxy) is 2. The topological polar surface area (TPSA) is 44.5 Å². The third kappa shape index (κ3) is 3.76. The zero-order valence-electron chi connectivity index (χ0n) is 12.9. The second-order valence-electron chi connectivity index (χ2n) is 5.10. The minimum absolute atomic E-state index is 0.0194. The summed E-state index contributed by atoms with van der Waals surface area (Å²) in [6.07, 6.45) is 1.82. The van der Waals surface area contributed by atoms with Gasteiger partial charge in [0.2, 0.25) is 0 Å². The van der Waals surface area contributed by atoms with Crippen LogP contribution in [0, 0.1) is 0 Å². The Kier molecular flexibility index (Phi) is 5.23. The third-order valence-electron chi connectivity index (χ3n) is 3.72. The fourth-order valence-electron chi connectivity index (χ4n) is 2.38. The quantitative estimate of drug-likeness (QED) is 0.883. The van der Waals surface area contributed by atoms with Gasteiger partial charge in [0.05, 0.1) is 14.2 Å². The Balaban J connectivity index is 2.12. The van der Waals surface area contributed by atoms with Crippen molar-refractivity contribution in [3.8, 4) is 11.5 Å². The number of nitrogens with two attached hydrogens (primary N) is 1. The van der Waals surface area contributed by atoms with Crippen LogP contribution in [0.5, 0.6) is 11.5 Å². The summed E-state index contributed by atoms with van der Waals surface area (Å²) in [5.74, 6) is 1.48. The number of hydrogen-bond acceptors (Lipinski definition) is 3. The van der Waals surface area contributed by atoms with Crippen LogP contribution in [0.3, 0.4) is 0 Å². The molecule has 0 bridgehead atoms. The Morgan fingerprint density at radius 2 is 1.52 bits per heavy atom. The molecule has 2 N–H and O–H groups in total. The summed E-state index contributed by atoms with van der Waals surface area (Å²) in [4.78, 5) is 0. The maximum absolute atomic E-state index is 6.31. The molecule has 0 radical (unpaired) electrons. The summed E-state index contributed by atoms with van der Waals surface area (Å²) >= 11 is 0. The molecule has 0 aliphatic rings. The first kappa shape index (κ1) is 15.4. The zero-order valence-corrected chi connectivity index (χ0v) is 12.9. The van der Waals surface area contributed by atoms with Crippen LogP contribution in [0.4, 0.5) is 0 Å². The largest absolute Gasteiger partial charge is 0.493 e. The van der Waals surface area contributed by atoms with E-state index in [2.05, 4.69) is 31.2 Å². The SMILES string of the molecule is CCc1ccc(C(N)Cc2ccc(OC)c(OC)c2)cc1. The van der Waals surface area contributed by atoms with Gasteiger partial charge in [-0.3, -0.25) is 0 Å². The van der Waals surface area contributed by atoms with Crippen LogP contribution in [0.1, 0.15) is 29.7 Å². The van der Waals surface area contributed by atoms with E-state index in [9.17, 15) is 0 Å².